The summed E-state index contributed by atoms with van der Waals surface area (Å²) in [6, 6.07) is 3.54. The highest BCUT2D eigenvalue weighted by molar-refractivity contribution is 9.10. The molecule has 1 rings (SSSR count). The predicted octanol–water partition coefficient (Wildman–Crippen LogP) is 1.96. The van der Waals surface area contributed by atoms with Crippen molar-refractivity contribution in [1.29, 1.82) is 0 Å². The van der Waals surface area contributed by atoms with Gasteiger partial charge in [-0.3, -0.25) is 0 Å². The molecule has 72 valence electrons. The summed E-state index contributed by atoms with van der Waals surface area (Å²) in [7, 11) is 3.14. The lowest BCUT2D eigenvalue weighted by Gasteiger charge is -2.11. The summed E-state index contributed by atoms with van der Waals surface area (Å²) in [5.74, 6) is 1.30. The molecule has 0 saturated heterocycles. The maximum Gasteiger partial charge on any atom is 0.142 e. The normalized spacial score (nSPS) is 9.85. The summed E-state index contributed by atoms with van der Waals surface area (Å²) in [5, 5.41) is 9.00. The van der Waals surface area contributed by atoms with Crippen LogP contribution in [0.5, 0.6) is 11.5 Å². The quantitative estimate of drug-likeness (QED) is 0.887. The zero-order valence-corrected chi connectivity index (χ0v) is 9.09. The zero-order chi connectivity index (χ0) is 9.84. The first kappa shape index (κ1) is 10.3. The van der Waals surface area contributed by atoms with Crippen molar-refractivity contribution in [2.45, 2.75) is 6.61 Å². The van der Waals surface area contributed by atoms with E-state index in [1.54, 1.807) is 26.4 Å². The molecule has 0 spiro atoms. The molecule has 1 aromatic rings. The van der Waals surface area contributed by atoms with E-state index >= 15 is 0 Å². The lowest BCUT2D eigenvalue weighted by atomic mass is 10.2. The third kappa shape index (κ3) is 1.95. The molecule has 1 N–H and O–H groups in total. The molecule has 0 fully saturated rings. The lowest BCUT2D eigenvalue weighted by molar-refractivity contribution is 0.273. The van der Waals surface area contributed by atoms with Gasteiger partial charge in [-0.15, -0.1) is 0 Å². The van der Waals surface area contributed by atoms with Gasteiger partial charge in [0.15, 0.2) is 0 Å². The first-order valence-electron chi connectivity index (χ1n) is 3.74. The van der Waals surface area contributed by atoms with Crippen LogP contribution in [0.15, 0.2) is 16.6 Å². The minimum Gasteiger partial charge on any atom is -0.495 e. The minimum atomic E-state index is -0.0498. The maximum absolute atomic E-state index is 9.00. The molecule has 0 aliphatic heterocycles. The standard InChI is InChI=1S/C9H11BrO3/c1-12-7-4-3-6(5-11)9(13-2)8(7)10/h3-4,11H,5H2,1-2H3. The zero-order valence-electron chi connectivity index (χ0n) is 7.50. The van der Waals surface area contributed by atoms with E-state index in [0.717, 1.165) is 10.0 Å². The van der Waals surface area contributed by atoms with Gasteiger partial charge in [0.2, 0.25) is 0 Å². The molecule has 0 saturated carbocycles. The van der Waals surface area contributed by atoms with Gasteiger partial charge < -0.3 is 14.6 Å². The van der Waals surface area contributed by atoms with Crippen LogP contribution in [0.1, 0.15) is 5.56 Å². The minimum absolute atomic E-state index is 0.0498. The van der Waals surface area contributed by atoms with Crippen molar-refractivity contribution in [3.05, 3.63) is 22.2 Å². The molecule has 3 nitrogen and oxygen atoms in total. The Hall–Kier alpha value is -0.740. The Morgan fingerprint density at radius 2 is 2.00 bits per heavy atom. The van der Waals surface area contributed by atoms with Crippen LogP contribution in [0.4, 0.5) is 0 Å². The number of hydrogen-bond acceptors (Lipinski definition) is 3. The van der Waals surface area contributed by atoms with Crippen molar-refractivity contribution in [3.63, 3.8) is 0 Å². The van der Waals surface area contributed by atoms with Gasteiger partial charge in [-0.05, 0) is 28.1 Å². The highest BCUT2D eigenvalue weighted by Crippen LogP contribution is 2.36. The number of methoxy groups -OCH3 is 2. The smallest absolute Gasteiger partial charge is 0.142 e. The number of hydrogen-bond donors (Lipinski definition) is 1. The molecule has 0 aliphatic carbocycles. The van der Waals surface area contributed by atoms with E-state index in [2.05, 4.69) is 15.9 Å². The second-order valence-electron chi connectivity index (χ2n) is 2.43. The summed E-state index contributed by atoms with van der Waals surface area (Å²) in [6.45, 7) is -0.0498. The summed E-state index contributed by atoms with van der Waals surface area (Å²) >= 11 is 3.33. The monoisotopic (exact) mass is 246 g/mol. The molecule has 0 amide bonds. The highest BCUT2D eigenvalue weighted by atomic mass is 79.9. The summed E-state index contributed by atoms with van der Waals surface area (Å²) in [6.07, 6.45) is 0. The molecule has 0 aromatic heterocycles. The third-order valence-electron chi connectivity index (χ3n) is 1.74. The molecule has 0 radical (unpaired) electrons. The van der Waals surface area contributed by atoms with Crippen LogP contribution in [0.25, 0.3) is 0 Å². The van der Waals surface area contributed by atoms with Crippen molar-refractivity contribution in [2.75, 3.05) is 14.2 Å². The summed E-state index contributed by atoms with van der Waals surface area (Å²) in [4.78, 5) is 0. The number of benzene rings is 1. The first-order valence-corrected chi connectivity index (χ1v) is 4.54. The van der Waals surface area contributed by atoms with Crippen LogP contribution in [0.3, 0.4) is 0 Å². The van der Waals surface area contributed by atoms with Crippen molar-refractivity contribution >= 4 is 15.9 Å². The Labute approximate surface area is 85.4 Å². The van der Waals surface area contributed by atoms with Crippen LogP contribution in [0, 0.1) is 0 Å². The van der Waals surface area contributed by atoms with Crippen LogP contribution >= 0.6 is 15.9 Å². The van der Waals surface area contributed by atoms with Crippen molar-refractivity contribution in [2.24, 2.45) is 0 Å². The fraction of sp³-hybridized carbons (Fsp3) is 0.333. The second kappa shape index (κ2) is 4.48. The van der Waals surface area contributed by atoms with Crippen LogP contribution in [-0.4, -0.2) is 19.3 Å². The molecule has 0 unspecified atom stereocenters. The number of aliphatic hydroxyl groups is 1. The van der Waals surface area contributed by atoms with E-state index < -0.39 is 0 Å². The van der Waals surface area contributed by atoms with Gasteiger partial charge in [0.25, 0.3) is 0 Å². The number of aliphatic hydroxyl groups excluding tert-OH is 1. The van der Waals surface area contributed by atoms with Gasteiger partial charge in [-0.2, -0.15) is 0 Å². The fourth-order valence-corrected chi connectivity index (χ4v) is 1.79. The maximum atomic E-state index is 9.00. The summed E-state index contributed by atoms with van der Waals surface area (Å²) in [5.41, 5.74) is 0.732. The molecule has 4 heteroatoms. The highest BCUT2D eigenvalue weighted by Gasteiger charge is 2.11. The lowest BCUT2D eigenvalue weighted by Crippen LogP contribution is -1.95. The molecule has 0 atom stereocenters. The van der Waals surface area contributed by atoms with Gasteiger partial charge in [-0.1, -0.05) is 0 Å². The van der Waals surface area contributed by atoms with Crippen molar-refractivity contribution < 1.29 is 14.6 Å². The van der Waals surface area contributed by atoms with Crippen LogP contribution < -0.4 is 9.47 Å². The van der Waals surface area contributed by atoms with E-state index in [1.807, 2.05) is 0 Å². The molecular weight excluding hydrogens is 236 g/mol. The second-order valence-corrected chi connectivity index (χ2v) is 3.23. The molecule has 0 bridgehead atoms. The van der Waals surface area contributed by atoms with E-state index in [-0.39, 0.29) is 6.61 Å². The van der Waals surface area contributed by atoms with E-state index in [0.29, 0.717) is 11.5 Å². The first-order chi connectivity index (χ1) is 6.24. The Kier molecular flexibility index (Phi) is 3.57. The Bertz CT molecular complexity index is 299. The van der Waals surface area contributed by atoms with Gasteiger partial charge in [-0.25, -0.2) is 0 Å². The molecule has 0 heterocycles. The Morgan fingerprint density at radius 1 is 1.31 bits per heavy atom. The fourth-order valence-electron chi connectivity index (χ4n) is 1.08. The predicted molar refractivity (Wildman–Crippen MR) is 53.2 cm³/mol. The van der Waals surface area contributed by atoms with Crippen molar-refractivity contribution in [3.8, 4) is 11.5 Å². The topological polar surface area (TPSA) is 38.7 Å². The average molecular weight is 247 g/mol. The van der Waals surface area contributed by atoms with E-state index in [1.165, 1.54) is 0 Å². The van der Waals surface area contributed by atoms with E-state index in [4.69, 9.17) is 14.6 Å². The summed E-state index contributed by atoms with van der Waals surface area (Å²) < 4.78 is 10.9. The van der Waals surface area contributed by atoms with Crippen LogP contribution in [-0.2, 0) is 6.61 Å². The van der Waals surface area contributed by atoms with Gasteiger partial charge >= 0.3 is 0 Å². The molecule has 13 heavy (non-hydrogen) atoms. The van der Waals surface area contributed by atoms with Crippen molar-refractivity contribution in [1.82, 2.24) is 0 Å². The number of ether oxygens (including phenoxy) is 2. The third-order valence-corrected chi connectivity index (χ3v) is 2.49. The molecule has 1 aromatic carbocycles. The van der Waals surface area contributed by atoms with Gasteiger partial charge in [0.05, 0.1) is 20.8 Å². The van der Waals surface area contributed by atoms with E-state index in [9.17, 15) is 0 Å². The van der Waals surface area contributed by atoms with Gasteiger partial charge in [0.1, 0.15) is 16.0 Å². The average Bonchev–Trinajstić information content (AvgIpc) is 2.17. The molecular formula is C9H11BrO3. The number of halogens is 1. The molecule has 0 aliphatic rings. The Morgan fingerprint density at radius 3 is 2.46 bits per heavy atom. The van der Waals surface area contributed by atoms with Crippen LogP contribution in [0.2, 0.25) is 0 Å². The number of rotatable bonds is 3. The Balaban J connectivity index is 3.23. The largest absolute Gasteiger partial charge is 0.495 e. The SMILES string of the molecule is COc1ccc(CO)c(OC)c1Br. The van der Waals surface area contributed by atoms with Gasteiger partial charge in [0, 0.05) is 5.56 Å².